The molecule has 18 heavy (non-hydrogen) atoms. The van der Waals surface area contributed by atoms with Crippen molar-refractivity contribution in [3.63, 3.8) is 0 Å². The van der Waals surface area contributed by atoms with E-state index >= 15 is 0 Å². The van der Waals surface area contributed by atoms with Gasteiger partial charge in [0, 0.05) is 6.54 Å². The molecular formula is C14H13ClFNO. The Morgan fingerprint density at radius 3 is 2.50 bits per heavy atom. The lowest BCUT2D eigenvalue weighted by Crippen LogP contribution is -2.04. The van der Waals surface area contributed by atoms with Crippen molar-refractivity contribution in [2.24, 2.45) is 0 Å². The second kappa shape index (κ2) is 5.85. The molecule has 0 saturated carbocycles. The van der Waals surface area contributed by atoms with Crippen LogP contribution in [0.4, 0.5) is 4.39 Å². The summed E-state index contributed by atoms with van der Waals surface area (Å²) in [5.41, 5.74) is 1.16. The number of halogens is 2. The van der Waals surface area contributed by atoms with Crippen LogP contribution < -0.4 is 10.1 Å². The molecule has 0 radical (unpaired) electrons. The highest BCUT2D eigenvalue weighted by Gasteiger charge is 2.04. The number of rotatable bonds is 4. The van der Waals surface area contributed by atoms with E-state index in [9.17, 15) is 4.39 Å². The Balaban J connectivity index is 2.13. The summed E-state index contributed by atoms with van der Waals surface area (Å²) >= 11 is 5.89. The molecule has 0 fully saturated rings. The van der Waals surface area contributed by atoms with E-state index < -0.39 is 0 Å². The lowest BCUT2D eigenvalue weighted by Gasteiger charge is -2.08. The molecule has 0 aliphatic rings. The maximum atomic E-state index is 12.9. The Labute approximate surface area is 110 Å². The summed E-state index contributed by atoms with van der Waals surface area (Å²) in [6.07, 6.45) is 0. The van der Waals surface area contributed by atoms with E-state index in [0.29, 0.717) is 11.5 Å². The molecule has 4 heteroatoms. The van der Waals surface area contributed by atoms with Gasteiger partial charge in [0.15, 0.2) is 0 Å². The Morgan fingerprint density at radius 1 is 1.17 bits per heavy atom. The first-order chi connectivity index (χ1) is 8.69. The summed E-state index contributed by atoms with van der Waals surface area (Å²) in [7, 11) is 1.89. The molecule has 2 aromatic carbocycles. The third kappa shape index (κ3) is 3.22. The summed E-state index contributed by atoms with van der Waals surface area (Å²) in [6, 6.07) is 11.7. The van der Waals surface area contributed by atoms with Crippen LogP contribution in [0, 0.1) is 5.82 Å². The molecule has 0 amide bonds. The van der Waals surface area contributed by atoms with Gasteiger partial charge in [-0.05, 0) is 42.9 Å². The van der Waals surface area contributed by atoms with E-state index in [1.807, 2.05) is 31.3 Å². The highest BCUT2D eigenvalue weighted by Crippen LogP contribution is 2.29. The summed E-state index contributed by atoms with van der Waals surface area (Å²) in [6.45, 7) is 0.803. The number of benzene rings is 2. The Bertz CT molecular complexity index is 528. The maximum Gasteiger partial charge on any atom is 0.146 e. The maximum absolute atomic E-state index is 12.9. The monoisotopic (exact) mass is 265 g/mol. The number of hydrogen-bond acceptors (Lipinski definition) is 2. The summed E-state index contributed by atoms with van der Waals surface area (Å²) in [4.78, 5) is 0. The van der Waals surface area contributed by atoms with Crippen molar-refractivity contribution in [3.8, 4) is 11.5 Å². The van der Waals surface area contributed by atoms with Crippen LogP contribution >= 0.6 is 11.6 Å². The lowest BCUT2D eigenvalue weighted by molar-refractivity contribution is 0.480. The Hall–Kier alpha value is -1.58. The second-order valence-corrected chi connectivity index (χ2v) is 4.26. The molecule has 1 N–H and O–H groups in total. The quantitative estimate of drug-likeness (QED) is 0.902. The van der Waals surface area contributed by atoms with Gasteiger partial charge in [0.25, 0.3) is 0 Å². The average Bonchev–Trinajstić information content (AvgIpc) is 2.35. The van der Waals surface area contributed by atoms with E-state index in [1.165, 1.54) is 18.2 Å². The van der Waals surface area contributed by atoms with E-state index in [-0.39, 0.29) is 10.8 Å². The van der Waals surface area contributed by atoms with Crippen LogP contribution in [-0.2, 0) is 6.54 Å². The van der Waals surface area contributed by atoms with Gasteiger partial charge >= 0.3 is 0 Å². The van der Waals surface area contributed by atoms with E-state index in [0.717, 1.165) is 12.1 Å². The van der Waals surface area contributed by atoms with E-state index in [2.05, 4.69) is 5.32 Å². The van der Waals surface area contributed by atoms with Gasteiger partial charge in [-0.3, -0.25) is 0 Å². The topological polar surface area (TPSA) is 21.3 Å². The van der Waals surface area contributed by atoms with Crippen molar-refractivity contribution in [2.45, 2.75) is 6.54 Å². The Morgan fingerprint density at radius 2 is 1.89 bits per heavy atom. The van der Waals surface area contributed by atoms with Crippen LogP contribution in [0.25, 0.3) is 0 Å². The molecule has 0 aliphatic carbocycles. The number of nitrogens with one attached hydrogen (secondary N) is 1. The van der Waals surface area contributed by atoms with Crippen LogP contribution in [-0.4, -0.2) is 7.05 Å². The molecule has 0 spiro atoms. The van der Waals surface area contributed by atoms with Gasteiger partial charge in [-0.25, -0.2) is 4.39 Å². The highest BCUT2D eigenvalue weighted by atomic mass is 35.5. The second-order valence-electron chi connectivity index (χ2n) is 3.85. The van der Waals surface area contributed by atoms with Crippen molar-refractivity contribution in [2.75, 3.05) is 7.05 Å². The molecule has 94 valence electrons. The van der Waals surface area contributed by atoms with Crippen molar-refractivity contribution >= 4 is 11.6 Å². The first kappa shape index (κ1) is 12.9. The smallest absolute Gasteiger partial charge is 0.146 e. The fraction of sp³-hybridized carbons (Fsp3) is 0.143. The molecule has 0 saturated heterocycles. The molecule has 0 bridgehead atoms. The van der Waals surface area contributed by atoms with Crippen LogP contribution in [0.3, 0.4) is 0 Å². The van der Waals surface area contributed by atoms with E-state index in [4.69, 9.17) is 16.3 Å². The van der Waals surface area contributed by atoms with Gasteiger partial charge < -0.3 is 10.1 Å². The van der Waals surface area contributed by atoms with Gasteiger partial charge in [-0.1, -0.05) is 23.7 Å². The molecular weight excluding hydrogens is 253 g/mol. The van der Waals surface area contributed by atoms with Gasteiger partial charge in [0.2, 0.25) is 0 Å². The largest absolute Gasteiger partial charge is 0.456 e. The van der Waals surface area contributed by atoms with Gasteiger partial charge in [-0.2, -0.15) is 0 Å². The molecule has 2 rings (SSSR count). The summed E-state index contributed by atoms with van der Waals surface area (Å²) < 4.78 is 18.5. The molecule has 0 aliphatic heterocycles. The normalized spacial score (nSPS) is 10.4. The molecule has 2 nitrogen and oxygen atoms in total. The highest BCUT2D eigenvalue weighted by molar-refractivity contribution is 6.32. The molecule has 0 aromatic heterocycles. The molecule has 0 heterocycles. The standard InChI is InChI=1S/C14H13ClFNO/c1-17-9-10-2-5-12(6-3-10)18-14-7-4-11(16)8-13(14)15/h2-8,17H,9H2,1H3. The predicted octanol–water partition coefficient (Wildman–Crippen LogP) is 3.99. The van der Waals surface area contributed by atoms with Crippen molar-refractivity contribution in [1.29, 1.82) is 0 Å². The zero-order valence-corrected chi connectivity index (χ0v) is 10.7. The summed E-state index contributed by atoms with van der Waals surface area (Å²) in [5, 5.41) is 3.32. The van der Waals surface area contributed by atoms with Crippen LogP contribution in [0.2, 0.25) is 5.02 Å². The predicted molar refractivity (Wildman–Crippen MR) is 70.7 cm³/mol. The summed E-state index contributed by atoms with van der Waals surface area (Å²) in [5.74, 6) is 0.736. The number of ether oxygens (including phenoxy) is 1. The minimum atomic E-state index is -0.378. The van der Waals surface area contributed by atoms with Crippen molar-refractivity contribution < 1.29 is 9.13 Å². The molecule has 0 atom stereocenters. The lowest BCUT2D eigenvalue weighted by atomic mass is 10.2. The fourth-order valence-corrected chi connectivity index (χ4v) is 1.77. The van der Waals surface area contributed by atoms with Crippen molar-refractivity contribution in [1.82, 2.24) is 5.32 Å². The number of hydrogen-bond donors (Lipinski definition) is 1. The SMILES string of the molecule is CNCc1ccc(Oc2ccc(F)cc2Cl)cc1. The van der Waals surface area contributed by atoms with Gasteiger partial charge in [-0.15, -0.1) is 0 Å². The minimum absolute atomic E-state index is 0.259. The van der Waals surface area contributed by atoms with Gasteiger partial charge in [0.1, 0.15) is 17.3 Å². The molecule has 0 unspecified atom stereocenters. The zero-order valence-electron chi connectivity index (χ0n) is 9.91. The van der Waals surface area contributed by atoms with Gasteiger partial charge in [0.05, 0.1) is 5.02 Å². The van der Waals surface area contributed by atoms with Crippen LogP contribution in [0.1, 0.15) is 5.56 Å². The fourth-order valence-electron chi connectivity index (χ4n) is 1.56. The van der Waals surface area contributed by atoms with Crippen LogP contribution in [0.5, 0.6) is 11.5 Å². The first-order valence-electron chi connectivity index (χ1n) is 5.55. The third-order valence-electron chi connectivity index (χ3n) is 2.43. The minimum Gasteiger partial charge on any atom is -0.456 e. The van der Waals surface area contributed by atoms with E-state index in [1.54, 1.807) is 0 Å². The average molecular weight is 266 g/mol. The third-order valence-corrected chi connectivity index (χ3v) is 2.72. The van der Waals surface area contributed by atoms with Crippen LogP contribution in [0.15, 0.2) is 42.5 Å². The first-order valence-corrected chi connectivity index (χ1v) is 5.93. The zero-order chi connectivity index (χ0) is 13.0. The molecule has 2 aromatic rings. The van der Waals surface area contributed by atoms with Crippen molar-refractivity contribution in [3.05, 3.63) is 58.9 Å². The Kier molecular flexibility index (Phi) is 4.18.